The Balaban J connectivity index is 2.19. The van der Waals surface area contributed by atoms with Crippen molar-refractivity contribution >= 4 is 0 Å². The van der Waals surface area contributed by atoms with E-state index in [0.717, 1.165) is 24.2 Å². The van der Waals surface area contributed by atoms with Gasteiger partial charge in [0.1, 0.15) is 0 Å². The van der Waals surface area contributed by atoms with E-state index in [0.29, 0.717) is 0 Å². The number of likely N-dealkylation sites (N-methyl/N-ethyl adjacent to an activating group) is 1. The topological polar surface area (TPSA) is 37.8 Å². The van der Waals surface area contributed by atoms with Gasteiger partial charge in [0.15, 0.2) is 0 Å². The molecule has 2 rings (SSSR count). The van der Waals surface area contributed by atoms with E-state index >= 15 is 0 Å². The van der Waals surface area contributed by atoms with E-state index in [-0.39, 0.29) is 6.04 Å². The lowest BCUT2D eigenvalue weighted by molar-refractivity contribution is 0.565. The summed E-state index contributed by atoms with van der Waals surface area (Å²) >= 11 is 0. The summed E-state index contributed by atoms with van der Waals surface area (Å²) < 4.78 is 0. The van der Waals surface area contributed by atoms with E-state index < -0.39 is 0 Å². The van der Waals surface area contributed by atoms with Gasteiger partial charge in [-0.3, -0.25) is 9.97 Å². The van der Waals surface area contributed by atoms with Crippen LogP contribution >= 0.6 is 0 Å². The van der Waals surface area contributed by atoms with Gasteiger partial charge in [-0.25, -0.2) is 0 Å². The van der Waals surface area contributed by atoms with Crippen molar-refractivity contribution in [2.75, 3.05) is 7.05 Å². The third kappa shape index (κ3) is 3.42. The number of pyridine rings is 2. The molecule has 2 aromatic rings. The third-order valence-electron chi connectivity index (χ3n) is 3.64. The monoisotopic (exact) mass is 269 g/mol. The average Bonchev–Trinajstić information content (AvgIpc) is 2.46. The maximum absolute atomic E-state index is 4.59. The molecule has 0 aliphatic heterocycles. The molecule has 2 aromatic heterocycles. The van der Waals surface area contributed by atoms with Gasteiger partial charge in [0.25, 0.3) is 0 Å². The quantitative estimate of drug-likeness (QED) is 0.906. The maximum Gasteiger partial charge on any atom is 0.0606 e. The molecule has 3 heteroatoms. The van der Waals surface area contributed by atoms with Gasteiger partial charge in [0, 0.05) is 24.5 Å². The minimum absolute atomic E-state index is 0.204. The molecular weight excluding hydrogens is 246 g/mol. The van der Waals surface area contributed by atoms with E-state index in [1.165, 1.54) is 16.7 Å². The Hall–Kier alpha value is -1.74. The molecule has 20 heavy (non-hydrogen) atoms. The van der Waals surface area contributed by atoms with Crippen molar-refractivity contribution in [2.24, 2.45) is 0 Å². The van der Waals surface area contributed by atoms with Crippen molar-refractivity contribution in [2.45, 2.75) is 39.7 Å². The maximum atomic E-state index is 4.59. The van der Waals surface area contributed by atoms with Crippen molar-refractivity contribution in [3.63, 3.8) is 0 Å². The van der Waals surface area contributed by atoms with Crippen LogP contribution in [-0.4, -0.2) is 17.0 Å². The van der Waals surface area contributed by atoms with Crippen LogP contribution in [0, 0.1) is 13.8 Å². The first-order valence-electron chi connectivity index (χ1n) is 7.18. The van der Waals surface area contributed by atoms with E-state index in [9.17, 15) is 0 Å². The number of nitrogens with one attached hydrogen (secondary N) is 1. The second kappa shape index (κ2) is 6.62. The Morgan fingerprint density at radius 3 is 2.50 bits per heavy atom. The summed E-state index contributed by atoms with van der Waals surface area (Å²) in [6.07, 6.45) is 5.79. The smallest absolute Gasteiger partial charge is 0.0606 e. The van der Waals surface area contributed by atoms with Crippen molar-refractivity contribution in [1.29, 1.82) is 0 Å². The zero-order valence-corrected chi connectivity index (χ0v) is 12.8. The minimum atomic E-state index is 0.204. The van der Waals surface area contributed by atoms with Gasteiger partial charge in [-0.05, 0) is 50.1 Å². The number of hydrogen-bond acceptors (Lipinski definition) is 3. The highest BCUT2D eigenvalue weighted by Gasteiger charge is 2.14. The minimum Gasteiger partial charge on any atom is -0.311 e. The van der Waals surface area contributed by atoms with E-state index in [4.69, 9.17) is 0 Å². The summed E-state index contributed by atoms with van der Waals surface area (Å²) in [6, 6.07) is 6.66. The van der Waals surface area contributed by atoms with Gasteiger partial charge in [-0.2, -0.15) is 0 Å². The molecule has 1 N–H and O–H groups in total. The zero-order valence-electron chi connectivity index (χ0n) is 12.8. The Bertz CT molecular complexity index is 561. The molecule has 106 valence electrons. The highest BCUT2D eigenvalue weighted by atomic mass is 14.9. The molecule has 0 spiro atoms. The molecule has 1 atom stereocenters. The highest BCUT2D eigenvalue weighted by Crippen LogP contribution is 2.19. The lowest BCUT2D eigenvalue weighted by Crippen LogP contribution is -2.21. The van der Waals surface area contributed by atoms with Gasteiger partial charge < -0.3 is 5.32 Å². The Kier molecular flexibility index (Phi) is 4.85. The van der Waals surface area contributed by atoms with Crippen LogP contribution in [0.2, 0.25) is 0 Å². The van der Waals surface area contributed by atoms with Gasteiger partial charge in [0.05, 0.1) is 11.7 Å². The van der Waals surface area contributed by atoms with Gasteiger partial charge >= 0.3 is 0 Å². The largest absolute Gasteiger partial charge is 0.311 e. The summed E-state index contributed by atoms with van der Waals surface area (Å²) in [7, 11) is 1.98. The first-order valence-corrected chi connectivity index (χ1v) is 7.18. The predicted octanol–water partition coefficient (Wildman–Crippen LogP) is 3.16. The number of aromatic nitrogens is 2. The van der Waals surface area contributed by atoms with Crippen LogP contribution in [0.25, 0.3) is 0 Å². The SMILES string of the molecule is CCc1ccc(CC(NC)c2ncc(C)cc2C)nc1. The molecule has 0 aliphatic carbocycles. The number of hydrogen-bond donors (Lipinski definition) is 1. The molecule has 0 amide bonds. The average molecular weight is 269 g/mol. The molecule has 0 fully saturated rings. The molecule has 0 saturated carbocycles. The summed E-state index contributed by atoms with van der Waals surface area (Å²) in [5, 5.41) is 3.35. The van der Waals surface area contributed by atoms with Crippen molar-refractivity contribution in [3.05, 3.63) is 58.7 Å². The van der Waals surface area contributed by atoms with Crippen molar-refractivity contribution in [1.82, 2.24) is 15.3 Å². The van der Waals surface area contributed by atoms with E-state index in [1.807, 2.05) is 19.4 Å². The lowest BCUT2D eigenvalue weighted by Gasteiger charge is -2.18. The first kappa shape index (κ1) is 14.7. The Morgan fingerprint density at radius 2 is 1.95 bits per heavy atom. The van der Waals surface area contributed by atoms with Crippen LogP contribution in [-0.2, 0) is 12.8 Å². The molecule has 0 saturated heterocycles. The highest BCUT2D eigenvalue weighted by molar-refractivity contribution is 5.27. The molecule has 3 nitrogen and oxygen atoms in total. The third-order valence-corrected chi connectivity index (χ3v) is 3.64. The second-order valence-corrected chi connectivity index (χ2v) is 5.27. The fourth-order valence-electron chi connectivity index (χ4n) is 2.42. The van der Waals surface area contributed by atoms with Crippen LogP contribution in [0.1, 0.15) is 41.0 Å². The van der Waals surface area contributed by atoms with Crippen LogP contribution < -0.4 is 5.32 Å². The molecule has 1 unspecified atom stereocenters. The van der Waals surface area contributed by atoms with Crippen molar-refractivity contribution in [3.8, 4) is 0 Å². The molecule has 0 bridgehead atoms. The Labute approximate surface area is 121 Å². The number of aryl methyl sites for hydroxylation is 3. The lowest BCUT2D eigenvalue weighted by atomic mass is 10.0. The fraction of sp³-hybridized carbons (Fsp3) is 0.412. The van der Waals surface area contributed by atoms with Crippen LogP contribution in [0.5, 0.6) is 0 Å². The van der Waals surface area contributed by atoms with Crippen LogP contribution in [0.3, 0.4) is 0 Å². The summed E-state index contributed by atoms with van der Waals surface area (Å²) in [5.41, 5.74) is 5.92. The standard InChI is InChI=1S/C17H23N3/c1-5-14-6-7-15(19-11-14)9-16(18-4)17-13(3)8-12(2)10-20-17/h6-8,10-11,16,18H,5,9H2,1-4H3. The van der Waals surface area contributed by atoms with Gasteiger partial charge in [-0.15, -0.1) is 0 Å². The van der Waals surface area contributed by atoms with Gasteiger partial charge in [0.2, 0.25) is 0 Å². The fourth-order valence-corrected chi connectivity index (χ4v) is 2.42. The number of rotatable bonds is 5. The zero-order chi connectivity index (χ0) is 14.5. The molecule has 0 radical (unpaired) electrons. The summed E-state index contributed by atoms with van der Waals surface area (Å²) in [6.45, 7) is 6.34. The first-order chi connectivity index (χ1) is 9.63. The predicted molar refractivity (Wildman–Crippen MR) is 82.8 cm³/mol. The van der Waals surface area contributed by atoms with E-state index in [1.54, 1.807) is 0 Å². The molecule has 0 aromatic carbocycles. The van der Waals surface area contributed by atoms with Gasteiger partial charge in [-0.1, -0.05) is 19.1 Å². The van der Waals surface area contributed by atoms with Crippen LogP contribution in [0.4, 0.5) is 0 Å². The molecule has 0 aliphatic rings. The molecular formula is C17H23N3. The van der Waals surface area contributed by atoms with Crippen molar-refractivity contribution < 1.29 is 0 Å². The normalized spacial score (nSPS) is 12.4. The summed E-state index contributed by atoms with van der Waals surface area (Å²) in [4.78, 5) is 9.13. The Morgan fingerprint density at radius 1 is 1.15 bits per heavy atom. The second-order valence-electron chi connectivity index (χ2n) is 5.27. The molecule has 2 heterocycles. The van der Waals surface area contributed by atoms with E-state index in [2.05, 4.69) is 54.3 Å². The number of nitrogens with zero attached hydrogens (tertiary/aromatic N) is 2. The summed E-state index contributed by atoms with van der Waals surface area (Å²) in [5.74, 6) is 0. The van der Waals surface area contributed by atoms with Crippen LogP contribution in [0.15, 0.2) is 30.6 Å².